The monoisotopic (exact) mass is 528 g/mol. The van der Waals surface area contributed by atoms with Gasteiger partial charge in [0.15, 0.2) is 18.4 Å². The third-order valence-electron chi connectivity index (χ3n) is 6.87. The van der Waals surface area contributed by atoms with Gasteiger partial charge in [0.2, 0.25) is 0 Å². The zero-order chi connectivity index (χ0) is 26.6. The number of nitro groups is 2. The molecule has 204 valence electrons. The summed E-state index contributed by atoms with van der Waals surface area (Å²) in [6.07, 6.45) is -7.76. The molecular formula is C21H28N4O12. The van der Waals surface area contributed by atoms with Gasteiger partial charge in [0.1, 0.15) is 36.2 Å². The van der Waals surface area contributed by atoms with E-state index < -0.39 is 88.3 Å². The van der Waals surface area contributed by atoms with E-state index in [0.717, 1.165) is 12.1 Å². The van der Waals surface area contributed by atoms with Crippen LogP contribution < -0.4 is 10.6 Å². The molecule has 0 unspecified atom stereocenters. The number of nitro benzene ring substituents is 2. The number of nitrogens with zero attached hydrogens (tertiary/aromatic N) is 2. The molecule has 16 heteroatoms. The van der Waals surface area contributed by atoms with Crippen molar-refractivity contribution >= 4 is 17.1 Å². The molecule has 1 aromatic carbocycles. The minimum Gasteiger partial charge on any atom is -0.389 e. The summed E-state index contributed by atoms with van der Waals surface area (Å²) in [5.41, 5.74) is -1.02. The quantitative estimate of drug-likeness (QED) is 0.201. The number of non-ortho nitro benzene ring substituents is 1. The molecule has 10 atom stereocenters. The van der Waals surface area contributed by atoms with Crippen molar-refractivity contribution < 1.29 is 48.9 Å². The highest BCUT2D eigenvalue weighted by Crippen LogP contribution is 2.41. The van der Waals surface area contributed by atoms with Gasteiger partial charge in [-0.1, -0.05) is 0 Å². The first kappa shape index (κ1) is 26.1. The molecule has 4 saturated heterocycles. The Labute approximate surface area is 209 Å². The number of hydrogen-bond acceptors (Lipinski definition) is 14. The molecule has 4 aliphatic heterocycles. The molecule has 16 nitrogen and oxygen atoms in total. The molecule has 0 radical (unpaired) electrons. The minimum absolute atomic E-state index is 0.0349. The number of hydrogen-bond donors (Lipinski definition) is 5. The summed E-state index contributed by atoms with van der Waals surface area (Å²) in [5, 5.41) is 60.6. The predicted octanol–water partition coefficient (Wildman–Crippen LogP) is -1.04. The summed E-state index contributed by atoms with van der Waals surface area (Å²) in [5.74, 6) is -1.03. The van der Waals surface area contributed by atoms with E-state index in [1.54, 1.807) is 13.8 Å². The summed E-state index contributed by atoms with van der Waals surface area (Å²) >= 11 is 0. The van der Waals surface area contributed by atoms with Crippen molar-refractivity contribution in [3.05, 3.63) is 38.4 Å². The third kappa shape index (κ3) is 4.87. The molecule has 37 heavy (non-hydrogen) atoms. The van der Waals surface area contributed by atoms with E-state index in [-0.39, 0.29) is 18.8 Å². The molecule has 4 aliphatic rings. The molecule has 0 spiro atoms. The van der Waals surface area contributed by atoms with E-state index in [1.165, 1.54) is 6.07 Å². The normalized spacial score (nSPS) is 38.8. The number of benzene rings is 1. The zero-order valence-electron chi connectivity index (χ0n) is 19.8. The molecule has 2 bridgehead atoms. The van der Waals surface area contributed by atoms with E-state index in [9.17, 15) is 35.5 Å². The fourth-order valence-corrected chi connectivity index (χ4v) is 5.13. The van der Waals surface area contributed by atoms with E-state index in [4.69, 9.17) is 23.7 Å². The lowest BCUT2D eigenvalue weighted by molar-refractivity contribution is -0.393. The Morgan fingerprint density at radius 2 is 1.84 bits per heavy atom. The van der Waals surface area contributed by atoms with Crippen molar-refractivity contribution in [2.24, 2.45) is 0 Å². The van der Waals surface area contributed by atoms with Gasteiger partial charge in [0.25, 0.3) is 11.4 Å². The summed E-state index contributed by atoms with van der Waals surface area (Å²) < 4.78 is 28.3. The second-order valence-electron chi connectivity index (χ2n) is 9.81. The lowest BCUT2D eigenvalue weighted by atomic mass is 9.96. The Hall–Kier alpha value is -2.54. The van der Waals surface area contributed by atoms with Gasteiger partial charge in [-0.3, -0.25) is 20.2 Å². The van der Waals surface area contributed by atoms with Gasteiger partial charge in [0, 0.05) is 12.6 Å². The van der Waals surface area contributed by atoms with Crippen LogP contribution in [0.25, 0.3) is 0 Å². The summed E-state index contributed by atoms with van der Waals surface area (Å²) in [4.78, 5) is 21.3. The first-order chi connectivity index (χ1) is 17.4. The number of aliphatic hydroxyl groups excluding tert-OH is 3. The summed E-state index contributed by atoms with van der Waals surface area (Å²) in [6.45, 7) is 3.31. The Bertz CT molecular complexity index is 1040. The molecule has 5 rings (SSSR count). The predicted molar refractivity (Wildman–Crippen MR) is 120 cm³/mol. The smallest absolute Gasteiger partial charge is 0.299 e. The minimum atomic E-state index is -1.25. The van der Waals surface area contributed by atoms with Crippen LogP contribution in [0.2, 0.25) is 0 Å². The second-order valence-corrected chi connectivity index (χ2v) is 9.81. The largest absolute Gasteiger partial charge is 0.389 e. The Morgan fingerprint density at radius 1 is 1.08 bits per heavy atom. The van der Waals surface area contributed by atoms with Crippen LogP contribution in [0.4, 0.5) is 17.1 Å². The first-order valence-electron chi connectivity index (χ1n) is 11.7. The van der Waals surface area contributed by atoms with Crippen molar-refractivity contribution in [1.29, 1.82) is 0 Å². The molecule has 4 heterocycles. The lowest BCUT2D eigenvalue weighted by Gasteiger charge is -2.37. The van der Waals surface area contributed by atoms with E-state index >= 15 is 0 Å². The van der Waals surface area contributed by atoms with E-state index in [2.05, 4.69) is 10.6 Å². The van der Waals surface area contributed by atoms with Crippen LogP contribution in [0.5, 0.6) is 0 Å². The van der Waals surface area contributed by atoms with Crippen LogP contribution in [-0.2, 0) is 23.7 Å². The summed E-state index contributed by atoms with van der Waals surface area (Å²) in [7, 11) is 0. The number of fused-ring (bicyclic) bond motifs is 3. The Morgan fingerprint density at radius 3 is 2.54 bits per heavy atom. The van der Waals surface area contributed by atoms with Crippen molar-refractivity contribution in [2.75, 3.05) is 18.5 Å². The highest BCUT2D eigenvalue weighted by atomic mass is 16.8. The maximum Gasteiger partial charge on any atom is 0.299 e. The van der Waals surface area contributed by atoms with Gasteiger partial charge in [-0.2, -0.15) is 0 Å². The van der Waals surface area contributed by atoms with Crippen LogP contribution in [0.3, 0.4) is 0 Å². The van der Waals surface area contributed by atoms with Crippen LogP contribution in [-0.4, -0.2) is 105 Å². The van der Waals surface area contributed by atoms with Gasteiger partial charge < -0.3 is 49.6 Å². The van der Waals surface area contributed by atoms with E-state index in [0.29, 0.717) is 0 Å². The molecule has 0 saturated carbocycles. The zero-order valence-corrected chi connectivity index (χ0v) is 19.8. The number of ether oxygens (including phenoxy) is 5. The molecular weight excluding hydrogens is 500 g/mol. The highest BCUT2D eigenvalue weighted by Gasteiger charge is 2.57. The number of aliphatic hydroxyl groups is 3. The van der Waals surface area contributed by atoms with Crippen LogP contribution in [0.1, 0.15) is 13.8 Å². The fraction of sp³-hybridized carbons (Fsp3) is 0.714. The number of nitrogens with one attached hydrogen (secondary N) is 2. The molecule has 4 fully saturated rings. The van der Waals surface area contributed by atoms with Crippen molar-refractivity contribution in [1.82, 2.24) is 5.32 Å². The molecule has 0 aromatic heterocycles. The molecule has 5 N–H and O–H groups in total. The fourth-order valence-electron chi connectivity index (χ4n) is 5.13. The van der Waals surface area contributed by atoms with Crippen LogP contribution >= 0.6 is 0 Å². The molecule has 1 aromatic rings. The average Bonchev–Trinajstić information content (AvgIpc) is 3.50. The van der Waals surface area contributed by atoms with Crippen molar-refractivity contribution in [3.63, 3.8) is 0 Å². The highest BCUT2D eigenvalue weighted by molar-refractivity contribution is 5.66. The van der Waals surface area contributed by atoms with Crippen molar-refractivity contribution in [2.45, 2.75) is 80.9 Å². The SMILES string of the molecule is CC1(C)O[C@H]2O[C@H]([C@H](O)CN[C@H]3[C@H](O)[C@@H]4OC[C@@H](O4)[C@H]3O)[C@H](Nc3ccc([N+](=O)[O-])cc3[N+](=O)[O-])[C@H]2O1. The topological polar surface area (TPSA) is 217 Å². The van der Waals surface area contributed by atoms with Gasteiger partial charge >= 0.3 is 0 Å². The van der Waals surface area contributed by atoms with Gasteiger partial charge in [0.05, 0.1) is 40.7 Å². The summed E-state index contributed by atoms with van der Waals surface area (Å²) in [6, 6.07) is 1.44. The van der Waals surface area contributed by atoms with E-state index in [1.807, 2.05) is 0 Å². The maximum atomic E-state index is 11.6. The molecule has 0 aliphatic carbocycles. The number of anilines is 1. The van der Waals surface area contributed by atoms with Crippen molar-refractivity contribution in [3.8, 4) is 0 Å². The maximum absolute atomic E-state index is 11.6. The Kier molecular flexibility index (Phi) is 6.80. The first-order valence-corrected chi connectivity index (χ1v) is 11.7. The van der Waals surface area contributed by atoms with Gasteiger partial charge in [-0.05, 0) is 19.9 Å². The standard InChI is InChI=1S/C21H28N4O12/c1-21(2)36-18-14(23-9-4-3-8(24(29)30)5-10(9)25(31)32)17(35-20(18)37-21)11(26)6-22-13-15(27)12-7-33-19(34-12)16(13)28/h3-5,11-20,22-23,26-28H,6-7H2,1-2H3/t11-,12-,13-,14+,15-,16+,17-,18-,19-,20-/m1/s1. The second kappa shape index (κ2) is 9.64. The van der Waals surface area contributed by atoms with Crippen LogP contribution in [0, 0.1) is 20.2 Å². The van der Waals surface area contributed by atoms with Gasteiger partial charge in [-0.15, -0.1) is 0 Å². The third-order valence-corrected chi connectivity index (χ3v) is 6.87. The van der Waals surface area contributed by atoms with Crippen LogP contribution in [0.15, 0.2) is 18.2 Å². The number of rotatable bonds is 8. The molecule has 0 amide bonds. The van der Waals surface area contributed by atoms with Gasteiger partial charge in [-0.25, -0.2) is 0 Å². The Balaban J connectivity index is 1.35. The lowest BCUT2D eigenvalue weighted by Crippen LogP contribution is -2.61. The average molecular weight is 528 g/mol.